The third-order valence-electron chi connectivity index (χ3n) is 2.42. The van der Waals surface area contributed by atoms with Gasteiger partial charge in [-0.2, -0.15) is 8.78 Å². The van der Waals surface area contributed by atoms with E-state index in [1.807, 2.05) is 13.8 Å². The van der Waals surface area contributed by atoms with Crippen LogP contribution in [0.5, 0.6) is 5.75 Å². The van der Waals surface area contributed by atoms with Crippen molar-refractivity contribution in [2.24, 2.45) is 11.7 Å². The van der Waals surface area contributed by atoms with Gasteiger partial charge in [0.05, 0.1) is 11.7 Å². The number of para-hydroxylation sites is 2. The summed E-state index contributed by atoms with van der Waals surface area (Å²) in [4.78, 5) is 11.8. The van der Waals surface area contributed by atoms with Crippen molar-refractivity contribution in [2.45, 2.75) is 32.9 Å². The van der Waals surface area contributed by atoms with Crippen LogP contribution in [0.3, 0.4) is 0 Å². The summed E-state index contributed by atoms with van der Waals surface area (Å²) in [5, 5.41) is 2.50. The van der Waals surface area contributed by atoms with Gasteiger partial charge in [-0.3, -0.25) is 4.79 Å². The lowest BCUT2D eigenvalue weighted by molar-refractivity contribution is -0.117. The quantitative estimate of drug-likeness (QED) is 0.836. The molecule has 0 unspecified atom stereocenters. The van der Waals surface area contributed by atoms with Crippen LogP contribution in [0.2, 0.25) is 0 Å². The molecule has 1 aromatic carbocycles. The monoisotopic (exact) mass is 272 g/mol. The molecule has 0 bridgehead atoms. The van der Waals surface area contributed by atoms with Gasteiger partial charge in [-0.15, -0.1) is 0 Å². The molecule has 0 aromatic heterocycles. The van der Waals surface area contributed by atoms with Gasteiger partial charge in [-0.05, 0) is 24.5 Å². The Bertz CT molecular complexity index is 425. The molecular formula is C13H18F2N2O2. The third-order valence-corrected chi connectivity index (χ3v) is 2.42. The molecule has 1 rings (SSSR count). The number of nitrogens with one attached hydrogen (secondary N) is 1. The summed E-state index contributed by atoms with van der Waals surface area (Å²) in [6.45, 7) is 0.949. The number of benzene rings is 1. The third kappa shape index (κ3) is 5.21. The van der Waals surface area contributed by atoms with Crippen molar-refractivity contribution in [3.8, 4) is 5.75 Å². The Morgan fingerprint density at radius 2 is 2.00 bits per heavy atom. The molecule has 19 heavy (non-hydrogen) atoms. The maximum Gasteiger partial charge on any atom is 0.387 e. The minimum Gasteiger partial charge on any atom is -0.433 e. The fraction of sp³-hybridized carbons (Fsp3) is 0.462. The van der Waals surface area contributed by atoms with E-state index in [2.05, 4.69) is 10.1 Å². The van der Waals surface area contributed by atoms with Crippen LogP contribution in [0.4, 0.5) is 14.5 Å². The lowest BCUT2D eigenvalue weighted by atomic mass is 10.0. The number of nitrogens with two attached hydrogens (primary N) is 1. The standard InChI is InChI=1S/C13H18F2N2O2/c1-8(2)7-9(16)12(18)17-10-5-3-4-6-11(10)19-13(14)15/h3-6,8-9,13H,7,16H2,1-2H3,(H,17,18)/t9-/m1/s1. The highest BCUT2D eigenvalue weighted by Crippen LogP contribution is 2.25. The van der Waals surface area contributed by atoms with Crippen molar-refractivity contribution in [3.05, 3.63) is 24.3 Å². The maximum atomic E-state index is 12.2. The number of alkyl halides is 2. The summed E-state index contributed by atoms with van der Waals surface area (Å²) in [5.74, 6) is -0.227. The lowest BCUT2D eigenvalue weighted by Gasteiger charge is -2.16. The molecule has 0 saturated carbocycles. The Labute approximate surface area is 110 Å². The van der Waals surface area contributed by atoms with Crippen LogP contribution in [-0.4, -0.2) is 18.6 Å². The topological polar surface area (TPSA) is 64.4 Å². The fourth-order valence-corrected chi connectivity index (χ4v) is 1.61. The molecule has 3 N–H and O–H groups in total. The minimum atomic E-state index is -2.94. The maximum absolute atomic E-state index is 12.2. The average molecular weight is 272 g/mol. The van der Waals surface area contributed by atoms with Gasteiger partial charge >= 0.3 is 6.61 Å². The van der Waals surface area contributed by atoms with Crippen LogP contribution in [0, 0.1) is 5.92 Å². The van der Waals surface area contributed by atoms with E-state index in [9.17, 15) is 13.6 Å². The highest BCUT2D eigenvalue weighted by molar-refractivity contribution is 5.95. The van der Waals surface area contributed by atoms with Gasteiger partial charge in [-0.1, -0.05) is 26.0 Å². The van der Waals surface area contributed by atoms with Gasteiger partial charge < -0.3 is 15.8 Å². The Morgan fingerprint density at radius 1 is 1.37 bits per heavy atom. The molecule has 0 saturated heterocycles. The Kier molecular flexibility index (Phi) is 5.69. The summed E-state index contributed by atoms with van der Waals surface area (Å²) >= 11 is 0. The first-order valence-corrected chi connectivity index (χ1v) is 6.00. The number of hydrogen-bond donors (Lipinski definition) is 2. The second-order valence-electron chi connectivity index (χ2n) is 4.60. The van der Waals surface area contributed by atoms with E-state index in [1.54, 1.807) is 12.1 Å². The second-order valence-corrected chi connectivity index (χ2v) is 4.60. The molecule has 1 aromatic rings. The molecular weight excluding hydrogens is 254 g/mol. The molecule has 106 valence electrons. The van der Waals surface area contributed by atoms with E-state index in [1.165, 1.54) is 12.1 Å². The first-order valence-electron chi connectivity index (χ1n) is 6.00. The Morgan fingerprint density at radius 3 is 2.58 bits per heavy atom. The van der Waals surface area contributed by atoms with Crippen LogP contribution in [-0.2, 0) is 4.79 Å². The van der Waals surface area contributed by atoms with E-state index in [0.717, 1.165) is 0 Å². The number of halogens is 2. The average Bonchev–Trinajstić information content (AvgIpc) is 2.30. The zero-order valence-electron chi connectivity index (χ0n) is 10.9. The molecule has 0 aliphatic heterocycles. The molecule has 6 heteroatoms. The second kappa shape index (κ2) is 7.04. The fourth-order valence-electron chi connectivity index (χ4n) is 1.61. The van der Waals surface area contributed by atoms with Gasteiger partial charge in [-0.25, -0.2) is 0 Å². The summed E-state index contributed by atoms with van der Waals surface area (Å²) in [5.41, 5.74) is 5.90. The first kappa shape index (κ1) is 15.4. The van der Waals surface area contributed by atoms with Gasteiger partial charge in [0.15, 0.2) is 0 Å². The Hall–Kier alpha value is -1.69. The highest BCUT2D eigenvalue weighted by Gasteiger charge is 2.17. The van der Waals surface area contributed by atoms with Crippen LogP contribution in [0.25, 0.3) is 0 Å². The van der Waals surface area contributed by atoms with Gasteiger partial charge in [0.25, 0.3) is 0 Å². The van der Waals surface area contributed by atoms with Gasteiger partial charge in [0.2, 0.25) is 5.91 Å². The largest absolute Gasteiger partial charge is 0.433 e. The van der Waals surface area contributed by atoms with Crippen molar-refractivity contribution < 1.29 is 18.3 Å². The van der Waals surface area contributed by atoms with Crippen LogP contribution >= 0.6 is 0 Å². The predicted octanol–water partition coefficient (Wildman–Crippen LogP) is 2.60. The SMILES string of the molecule is CC(C)C[C@@H](N)C(=O)Nc1ccccc1OC(F)F. The smallest absolute Gasteiger partial charge is 0.387 e. The molecule has 0 fully saturated rings. The van der Waals surface area contributed by atoms with Crippen molar-refractivity contribution in [3.63, 3.8) is 0 Å². The van der Waals surface area contributed by atoms with Crippen molar-refractivity contribution in [1.82, 2.24) is 0 Å². The molecule has 0 aliphatic rings. The van der Waals surface area contributed by atoms with Gasteiger partial charge in [0.1, 0.15) is 5.75 Å². The molecule has 0 radical (unpaired) electrons. The summed E-state index contributed by atoms with van der Waals surface area (Å²) in [6, 6.07) is 5.32. The van der Waals surface area contributed by atoms with Crippen LogP contribution in [0.15, 0.2) is 24.3 Å². The number of rotatable bonds is 6. The zero-order valence-corrected chi connectivity index (χ0v) is 10.9. The number of anilines is 1. The predicted molar refractivity (Wildman–Crippen MR) is 69.1 cm³/mol. The van der Waals surface area contributed by atoms with E-state index < -0.39 is 18.6 Å². The summed E-state index contributed by atoms with van der Waals surface area (Å²) in [6.07, 6.45) is 0.518. The molecule has 0 aliphatic carbocycles. The molecule has 0 spiro atoms. The number of carbonyl (C=O) groups is 1. The number of carbonyl (C=O) groups excluding carboxylic acids is 1. The number of amides is 1. The Balaban J connectivity index is 2.73. The molecule has 1 atom stereocenters. The van der Waals surface area contributed by atoms with Crippen molar-refractivity contribution >= 4 is 11.6 Å². The van der Waals surface area contributed by atoms with Gasteiger partial charge in [0, 0.05) is 0 Å². The highest BCUT2D eigenvalue weighted by atomic mass is 19.3. The number of ether oxygens (including phenoxy) is 1. The van der Waals surface area contributed by atoms with E-state index in [0.29, 0.717) is 6.42 Å². The minimum absolute atomic E-state index is 0.0809. The van der Waals surface area contributed by atoms with E-state index >= 15 is 0 Å². The van der Waals surface area contributed by atoms with Crippen molar-refractivity contribution in [1.29, 1.82) is 0 Å². The first-order chi connectivity index (χ1) is 8.90. The van der Waals surface area contributed by atoms with E-state index in [4.69, 9.17) is 5.73 Å². The number of hydrogen-bond acceptors (Lipinski definition) is 3. The molecule has 1 amide bonds. The van der Waals surface area contributed by atoms with E-state index in [-0.39, 0.29) is 17.4 Å². The van der Waals surface area contributed by atoms with Crippen molar-refractivity contribution in [2.75, 3.05) is 5.32 Å². The zero-order chi connectivity index (χ0) is 14.4. The summed E-state index contributed by atoms with van der Waals surface area (Å²) in [7, 11) is 0. The van der Waals surface area contributed by atoms with Crippen LogP contribution in [0.1, 0.15) is 20.3 Å². The molecule has 0 heterocycles. The normalized spacial score (nSPS) is 12.6. The summed E-state index contributed by atoms with van der Waals surface area (Å²) < 4.78 is 28.7. The molecule has 4 nitrogen and oxygen atoms in total. The van der Waals surface area contributed by atoms with Crippen LogP contribution < -0.4 is 15.8 Å². The lowest BCUT2D eigenvalue weighted by Crippen LogP contribution is -2.36.